The molecule has 1 aliphatic rings. The minimum absolute atomic E-state index is 0.245. The molecule has 15 heavy (non-hydrogen) atoms. The fraction of sp³-hybridized carbons (Fsp3) is 1.00. The van der Waals surface area contributed by atoms with Crippen LogP contribution < -0.4 is 0 Å². The summed E-state index contributed by atoms with van der Waals surface area (Å²) in [5.74, 6) is 0. The highest BCUT2D eigenvalue weighted by molar-refractivity contribution is 4.87. The molecule has 1 fully saturated rings. The lowest BCUT2D eigenvalue weighted by molar-refractivity contribution is -0.0810. The molecule has 1 rings (SSSR count). The van der Waals surface area contributed by atoms with Gasteiger partial charge in [-0.3, -0.25) is 0 Å². The van der Waals surface area contributed by atoms with Crippen LogP contribution in [0, 0.1) is 0 Å². The number of ether oxygens (including phenoxy) is 1. The van der Waals surface area contributed by atoms with Gasteiger partial charge in [-0.05, 0) is 26.2 Å². The standard InChI is InChI=1S/C13H26O2/c1-3-4-5-6-7-9-12(14)13(2)10-8-11-15-13/h12,14H,3-11H2,1-2H3. The largest absolute Gasteiger partial charge is 0.390 e. The van der Waals surface area contributed by atoms with Crippen molar-refractivity contribution in [2.24, 2.45) is 0 Å². The second-order valence-corrected chi connectivity index (χ2v) is 4.98. The Morgan fingerprint density at radius 1 is 1.27 bits per heavy atom. The van der Waals surface area contributed by atoms with E-state index >= 15 is 0 Å². The Hall–Kier alpha value is -0.0800. The maximum absolute atomic E-state index is 10.0. The number of hydrogen-bond acceptors (Lipinski definition) is 2. The molecule has 0 saturated carbocycles. The molecule has 0 spiro atoms. The highest BCUT2D eigenvalue weighted by atomic mass is 16.5. The second-order valence-electron chi connectivity index (χ2n) is 4.98. The van der Waals surface area contributed by atoms with Gasteiger partial charge in [0.25, 0.3) is 0 Å². The minimum Gasteiger partial charge on any atom is -0.390 e. The molecule has 1 saturated heterocycles. The summed E-state index contributed by atoms with van der Waals surface area (Å²) in [7, 11) is 0. The van der Waals surface area contributed by atoms with Gasteiger partial charge in [0.1, 0.15) is 0 Å². The Morgan fingerprint density at radius 3 is 2.60 bits per heavy atom. The van der Waals surface area contributed by atoms with Crippen molar-refractivity contribution < 1.29 is 9.84 Å². The molecule has 0 aromatic carbocycles. The maximum Gasteiger partial charge on any atom is 0.0913 e. The Bertz CT molecular complexity index is 162. The number of hydrogen-bond donors (Lipinski definition) is 1. The van der Waals surface area contributed by atoms with Gasteiger partial charge in [0.2, 0.25) is 0 Å². The van der Waals surface area contributed by atoms with Gasteiger partial charge in [-0.2, -0.15) is 0 Å². The summed E-state index contributed by atoms with van der Waals surface area (Å²) in [6.07, 6.45) is 9.06. The average Bonchev–Trinajstić information content (AvgIpc) is 2.66. The van der Waals surface area contributed by atoms with Crippen LogP contribution in [0.1, 0.15) is 65.2 Å². The summed E-state index contributed by atoms with van der Waals surface area (Å²) in [6, 6.07) is 0. The maximum atomic E-state index is 10.0. The zero-order valence-electron chi connectivity index (χ0n) is 10.3. The molecule has 0 bridgehead atoms. The van der Waals surface area contributed by atoms with Crippen molar-refractivity contribution in [2.75, 3.05) is 6.61 Å². The van der Waals surface area contributed by atoms with E-state index in [4.69, 9.17) is 4.74 Å². The van der Waals surface area contributed by atoms with Crippen LogP contribution in [0.5, 0.6) is 0 Å². The normalized spacial score (nSPS) is 28.2. The van der Waals surface area contributed by atoms with E-state index < -0.39 is 0 Å². The minimum atomic E-state index is -0.262. The quantitative estimate of drug-likeness (QED) is 0.659. The van der Waals surface area contributed by atoms with E-state index in [-0.39, 0.29) is 11.7 Å². The van der Waals surface area contributed by atoms with Crippen LogP contribution in [0.15, 0.2) is 0 Å². The van der Waals surface area contributed by atoms with Crippen molar-refractivity contribution in [3.63, 3.8) is 0 Å². The van der Waals surface area contributed by atoms with Crippen LogP contribution in [0.25, 0.3) is 0 Å². The number of aliphatic hydroxyl groups is 1. The molecule has 2 heteroatoms. The first kappa shape index (κ1) is 13.0. The van der Waals surface area contributed by atoms with Crippen molar-refractivity contribution in [1.82, 2.24) is 0 Å². The van der Waals surface area contributed by atoms with E-state index in [9.17, 15) is 5.11 Å². The Morgan fingerprint density at radius 2 is 2.00 bits per heavy atom. The van der Waals surface area contributed by atoms with Crippen LogP contribution in [0.4, 0.5) is 0 Å². The molecule has 90 valence electrons. The number of aliphatic hydroxyl groups excluding tert-OH is 1. The third-order valence-electron chi connectivity index (χ3n) is 3.54. The summed E-state index contributed by atoms with van der Waals surface area (Å²) in [4.78, 5) is 0. The van der Waals surface area contributed by atoms with Gasteiger partial charge in [-0.1, -0.05) is 39.0 Å². The van der Waals surface area contributed by atoms with Gasteiger partial charge in [0, 0.05) is 6.61 Å². The molecular weight excluding hydrogens is 188 g/mol. The van der Waals surface area contributed by atoms with E-state index in [1.54, 1.807) is 0 Å². The molecule has 1 heterocycles. The summed E-state index contributed by atoms with van der Waals surface area (Å²) in [5.41, 5.74) is -0.245. The van der Waals surface area contributed by atoms with Crippen molar-refractivity contribution in [2.45, 2.75) is 76.9 Å². The van der Waals surface area contributed by atoms with E-state index in [1.807, 2.05) is 0 Å². The number of rotatable bonds is 7. The van der Waals surface area contributed by atoms with Crippen molar-refractivity contribution >= 4 is 0 Å². The molecule has 0 radical (unpaired) electrons. The predicted octanol–water partition coefficient (Wildman–Crippen LogP) is 3.28. The molecular formula is C13H26O2. The summed E-state index contributed by atoms with van der Waals surface area (Å²) in [5, 5.41) is 10.0. The third-order valence-corrected chi connectivity index (χ3v) is 3.54. The van der Waals surface area contributed by atoms with E-state index in [1.165, 1.54) is 25.7 Å². The highest BCUT2D eigenvalue weighted by Gasteiger charge is 2.36. The van der Waals surface area contributed by atoms with Crippen LogP contribution >= 0.6 is 0 Å². The topological polar surface area (TPSA) is 29.5 Å². The molecule has 2 nitrogen and oxygen atoms in total. The molecule has 1 N–H and O–H groups in total. The van der Waals surface area contributed by atoms with Crippen molar-refractivity contribution in [3.05, 3.63) is 0 Å². The predicted molar refractivity (Wildman–Crippen MR) is 63.0 cm³/mol. The Labute approximate surface area is 94.0 Å². The lowest BCUT2D eigenvalue weighted by Gasteiger charge is -2.29. The third kappa shape index (κ3) is 4.12. The van der Waals surface area contributed by atoms with E-state index in [0.29, 0.717) is 0 Å². The zero-order valence-corrected chi connectivity index (χ0v) is 10.3. The van der Waals surface area contributed by atoms with Crippen LogP contribution in [0.2, 0.25) is 0 Å². The van der Waals surface area contributed by atoms with Crippen LogP contribution in [-0.2, 0) is 4.74 Å². The van der Waals surface area contributed by atoms with Gasteiger partial charge >= 0.3 is 0 Å². The Balaban J connectivity index is 2.09. The summed E-state index contributed by atoms with van der Waals surface area (Å²) >= 11 is 0. The summed E-state index contributed by atoms with van der Waals surface area (Å²) < 4.78 is 5.63. The number of unbranched alkanes of at least 4 members (excludes halogenated alkanes) is 4. The van der Waals surface area contributed by atoms with Gasteiger partial charge in [-0.25, -0.2) is 0 Å². The fourth-order valence-electron chi connectivity index (χ4n) is 2.31. The Kier molecular flexibility index (Phi) is 5.62. The fourth-order valence-corrected chi connectivity index (χ4v) is 2.31. The van der Waals surface area contributed by atoms with Gasteiger partial charge < -0.3 is 9.84 Å². The molecule has 1 aliphatic heterocycles. The van der Waals surface area contributed by atoms with Crippen molar-refractivity contribution in [1.29, 1.82) is 0 Å². The second kappa shape index (κ2) is 6.49. The molecule has 0 aromatic rings. The van der Waals surface area contributed by atoms with Crippen LogP contribution in [0.3, 0.4) is 0 Å². The molecule has 2 unspecified atom stereocenters. The van der Waals surface area contributed by atoms with Gasteiger partial charge in [0.15, 0.2) is 0 Å². The average molecular weight is 214 g/mol. The van der Waals surface area contributed by atoms with Crippen LogP contribution in [-0.4, -0.2) is 23.4 Å². The highest BCUT2D eigenvalue weighted by Crippen LogP contribution is 2.30. The lowest BCUT2D eigenvalue weighted by Crippen LogP contribution is -2.38. The van der Waals surface area contributed by atoms with E-state index in [2.05, 4.69) is 13.8 Å². The molecule has 0 aromatic heterocycles. The SMILES string of the molecule is CCCCCCCC(O)C1(C)CCCO1. The first-order chi connectivity index (χ1) is 7.19. The monoisotopic (exact) mass is 214 g/mol. The lowest BCUT2D eigenvalue weighted by atomic mass is 9.91. The van der Waals surface area contributed by atoms with Gasteiger partial charge in [0.05, 0.1) is 11.7 Å². The first-order valence-electron chi connectivity index (χ1n) is 6.51. The van der Waals surface area contributed by atoms with Gasteiger partial charge in [-0.15, -0.1) is 0 Å². The molecule has 0 aliphatic carbocycles. The summed E-state index contributed by atoms with van der Waals surface area (Å²) in [6.45, 7) is 5.10. The first-order valence-corrected chi connectivity index (χ1v) is 6.51. The zero-order chi connectivity index (χ0) is 11.1. The smallest absolute Gasteiger partial charge is 0.0913 e. The van der Waals surface area contributed by atoms with E-state index in [0.717, 1.165) is 32.3 Å². The van der Waals surface area contributed by atoms with Crippen molar-refractivity contribution in [3.8, 4) is 0 Å². The molecule has 0 amide bonds. The molecule has 2 atom stereocenters.